The number of nitrogens with two attached hydrogens (primary N) is 1. The first-order valence-electron chi connectivity index (χ1n) is 8.23. The predicted octanol–water partition coefficient (Wildman–Crippen LogP) is 0.982. The monoisotopic (exact) mass is 369 g/mol. The third-order valence-electron chi connectivity index (χ3n) is 5.37. The van der Waals surface area contributed by atoms with Crippen LogP contribution in [0.3, 0.4) is 0 Å². The first kappa shape index (κ1) is 16.3. The largest absolute Gasteiger partial charge is 0.368 e. The Bertz CT molecular complexity index is 681. The molecule has 0 radical (unpaired) electrons. The molecule has 4 heterocycles. The third-order valence-corrected chi connectivity index (χ3v) is 6.60. The molecule has 3 fully saturated rings. The maximum atomic E-state index is 12.7. The summed E-state index contributed by atoms with van der Waals surface area (Å²) in [6.07, 6.45) is 1.54. The quantitative estimate of drug-likeness (QED) is 0.810. The van der Waals surface area contributed by atoms with E-state index in [0.717, 1.165) is 17.7 Å². The summed E-state index contributed by atoms with van der Waals surface area (Å²) in [6.45, 7) is 1.94. The Morgan fingerprint density at radius 3 is 3.08 bits per heavy atom. The minimum absolute atomic E-state index is 0.0157. The van der Waals surface area contributed by atoms with Gasteiger partial charge in [0.05, 0.1) is 41.0 Å². The Morgan fingerprint density at radius 2 is 2.38 bits per heavy atom. The van der Waals surface area contributed by atoms with Crippen molar-refractivity contribution in [2.45, 2.75) is 31.1 Å². The van der Waals surface area contributed by atoms with Crippen LogP contribution in [0.15, 0.2) is 12.1 Å². The summed E-state index contributed by atoms with van der Waals surface area (Å²) in [5, 5.41) is 2.95. The lowest BCUT2D eigenvalue weighted by Crippen LogP contribution is -2.45. The number of hydrogen-bond donors (Lipinski definition) is 2. The Balaban J connectivity index is 1.49. The molecule has 24 heavy (non-hydrogen) atoms. The van der Waals surface area contributed by atoms with Crippen LogP contribution in [-0.4, -0.2) is 48.1 Å². The first-order valence-corrected chi connectivity index (χ1v) is 9.42. The lowest BCUT2D eigenvalue weighted by Gasteiger charge is -2.26. The molecule has 3 aliphatic rings. The van der Waals surface area contributed by atoms with E-state index in [0.29, 0.717) is 30.5 Å². The number of nitrogens with zero attached hydrogens (tertiary/aromatic N) is 1. The highest BCUT2D eigenvalue weighted by Gasteiger charge is 2.68. The number of fused-ring (bicyclic) bond motifs is 1. The van der Waals surface area contributed by atoms with Crippen LogP contribution in [0.2, 0.25) is 4.34 Å². The molecule has 3 saturated heterocycles. The van der Waals surface area contributed by atoms with Crippen molar-refractivity contribution in [1.29, 1.82) is 0 Å². The minimum Gasteiger partial charge on any atom is -0.368 e. The molecule has 4 atom stereocenters. The number of carbonyl (C=O) groups excluding carboxylic acids is 2. The van der Waals surface area contributed by atoms with Gasteiger partial charge in [0.25, 0.3) is 0 Å². The molecule has 2 bridgehead atoms. The van der Waals surface area contributed by atoms with E-state index in [-0.39, 0.29) is 23.8 Å². The lowest BCUT2D eigenvalue weighted by molar-refractivity contribution is -0.138. The summed E-state index contributed by atoms with van der Waals surface area (Å²) < 4.78 is 6.84. The van der Waals surface area contributed by atoms with Crippen molar-refractivity contribution in [2.75, 3.05) is 19.6 Å². The van der Waals surface area contributed by atoms with E-state index >= 15 is 0 Å². The van der Waals surface area contributed by atoms with Crippen molar-refractivity contribution >= 4 is 34.8 Å². The van der Waals surface area contributed by atoms with Crippen molar-refractivity contribution in [1.82, 2.24) is 10.2 Å². The molecule has 0 aliphatic carbocycles. The molecule has 4 rings (SSSR count). The average Bonchev–Trinajstić information content (AvgIpc) is 3.28. The van der Waals surface area contributed by atoms with Crippen molar-refractivity contribution in [3.63, 3.8) is 0 Å². The summed E-state index contributed by atoms with van der Waals surface area (Å²) in [5.74, 6) is -0.847. The van der Waals surface area contributed by atoms with Crippen molar-refractivity contribution in [3.8, 4) is 0 Å². The van der Waals surface area contributed by atoms with Gasteiger partial charge in [-0.1, -0.05) is 11.6 Å². The van der Waals surface area contributed by atoms with Crippen LogP contribution in [0.25, 0.3) is 0 Å². The molecule has 2 amide bonds. The van der Waals surface area contributed by atoms with Gasteiger partial charge < -0.3 is 20.7 Å². The second-order valence-corrected chi connectivity index (χ2v) is 8.53. The van der Waals surface area contributed by atoms with Crippen LogP contribution in [0, 0.1) is 11.8 Å². The van der Waals surface area contributed by atoms with Gasteiger partial charge in [-0.25, -0.2) is 0 Å². The van der Waals surface area contributed by atoms with Gasteiger partial charge in [0, 0.05) is 18.0 Å². The fourth-order valence-corrected chi connectivity index (χ4v) is 5.45. The van der Waals surface area contributed by atoms with Gasteiger partial charge in [-0.3, -0.25) is 9.59 Å². The molecular formula is C16H20ClN3O3S. The van der Waals surface area contributed by atoms with Gasteiger partial charge in [0.1, 0.15) is 0 Å². The van der Waals surface area contributed by atoms with E-state index in [4.69, 9.17) is 22.1 Å². The number of amides is 2. The maximum absolute atomic E-state index is 12.7. The van der Waals surface area contributed by atoms with Crippen LogP contribution in [0.5, 0.6) is 0 Å². The fraction of sp³-hybridized carbons (Fsp3) is 0.625. The SMILES string of the molecule is NCCN1C[C@]23CC[C@H](O2)[C@H](C(=O)NCc2ccc(Cl)s2)[C@@H]3C1=O. The minimum atomic E-state index is -0.481. The predicted molar refractivity (Wildman–Crippen MR) is 90.6 cm³/mol. The number of rotatable bonds is 5. The topological polar surface area (TPSA) is 84.7 Å². The zero-order valence-corrected chi connectivity index (χ0v) is 14.7. The molecule has 1 aromatic rings. The summed E-state index contributed by atoms with van der Waals surface area (Å²) in [4.78, 5) is 28.2. The molecule has 6 nitrogen and oxygen atoms in total. The molecule has 1 spiro atoms. The number of ether oxygens (including phenoxy) is 1. The van der Waals surface area contributed by atoms with Crippen LogP contribution >= 0.6 is 22.9 Å². The summed E-state index contributed by atoms with van der Waals surface area (Å²) in [6, 6.07) is 3.71. The number of carbonyl (C=O) groups is 2. The summed E-state index contributed by atoms with van der Waals surface area (Å²) >= 11 is 7.36. The Kier molecular flexibility index (Phi) is 4.07. The Hall–Kier alpha value is -1.15. The zero-order valence-electron chi connectivity index (χ0n) is 13.2. The average molecular weight is 370 g/mol. The molecule has 0 saturated carbocycles. The second kappa shape index (κ2) is 5.98. The zero-order chi connectivity index (χ0) is 16.9. The Labute approximate surface area is 149 Å². The van der Waals surface area contributed by atoms with Gasteiger partial charge in [-0.05, 0) is 25.0 Å². The smallest absolute Gasteiger partial charge is 0.229 e. The highest BCUT2D eigenvalue weighted by atomic mass is 35.5. The molecule has 0 unspecified atom stereocenters. The second-order valence-electron chi connectivity index (χ2n) is 6.74. The molecule has 8 heteroatoms. The number of hydrogen-bond acceptors (Lipinski definition) is 5. The number of halogens is 1. The van der Waals surface area contributed by atoms with E-state index in [1.165, 1.54) is 11.3 Å². The van der Waals surface area contributed by atoms with E-state index in [1.807, 2.05) is 12.1 Å². The normalized spacial score (nSPS) is 34.0. The third kappa shape index (κ3) is 2.45. The van der Waals surface area contributed by atoms with Crippen LogP contribution < -0.4 is 11.1 Å². The van der Waals surface area contributed by atoms with Crippen molar-refractivity contribution in [2.24, 2.45) is 17.6 Å². The van der Waals surface area contributed by atoms with Gasteiger partial charge >= 0.3 is 0 Å². The molecule has 1 aromatic heterocycles. The maximum Gasteiger partial charge on any atom is 0.229 e. The highest BCUT2D eigenvalue weighted by Crippen LogP contribution is 2.55. The fourth-order valence-electron chi connectivity index (χ4n) is 4.42. The van der Waals surface area contributed by atoms with Crippen molar-refractivity contribution < 1.29 is 14.3 Å². The highest BCUT2D eigenvalue weighted by molar-refractivity contribution is 7.16. The standard InChI is InChI=1S/C16H20ClN3O3S/c17-11-2-1-9(24-11)7-19-14(21)12-10-3-4-16(23-10)8-20(6-5-18)15(22)13(12)16/h1-2,10,12-13H,3-8,18H2,(H,19,21)/t10-,12-,13+,16-/m0/s1. The summed E-state index contributed by atoms with van der Waals surface area (Å²) in [7, 11) is 0. The van der Waals surface area contributed by atoms with Crippen molar-refractivity contribution in [3.05, 3.63) is 21.3 Å². The molecule has 3 N–H and O–H groups in total. The first-order chi connectivity index (χ1) is 11.5. The molecule has 3 aliphatic heterocycles. The van der Waals surface area contributed by atoms with Gasteiger partial charge in [0.15, 0.2) is 0 Å². The van der Waals surface area contributed by atoms with Gasteiger partial charge in [0.2, 0.25) is 11.8 Å². The number of nitrogens with one attached hydrogen (secondary N) is 1. The van der Waals surface area contributed by atoms with Gasteiger partial charge in [-0.15, -0.1) is 11.3 Å². The Morgan fingerprint density at radius 1 is 1.54 bits per heavy atom. The van der Waals surface area contributed by atoms with Gasteiger partial charge in [-0.2, -0.15) is 0 Å². The molecular weight excluding hydrogens is 350 g/mol. The number of thiophene rings is 1. The number of likely N-dealkylation sites (tertiary alicyclic amines) is 1. The van der Waals surface area contributed by atoms with E-state index < -0.39 is 11.5 Å². The molecule has 130 valence electrons. The lowest BCUT2D eigenvalue weighted by atomic mass is 9.73. The molecule has 0 aromatic carbocycles. The van der Waals surface area contributed by atoms with Crippen LogP contribution in [0.1, 0.15) is 17.7 Å². The van der Waals surface area contributed by atoms with Crippen LogP contribution in [-0.2, 0) is 20.9 Å². The van der Waals surface area contributed by atoms with E-state index in [1.54, 1.807) is 4.90 Å². The van der Waals surface area contributed by atoms with E-state index in [9.17, 15) is 9.59 Å². The summed E-state index contributed by atoms with van der Waals surface area (Å²) in [5.41, 5.74) is 5.12. The van der Waals surface area contributed by atoms with E-state index in [2.05, 4.69) is 5.32 Å². The van der Waals surface area contributed by atoms with Crippen LogP contribution in [0.4, 0.5) is 0 Å².